The van der Waals surface area contributed by atoms with Gasteiger partial charge in [0.15, 0.2) is 0 Å². The van der Waals surface area contributed by atoms with Gasteiger partial charge in [-0.2, -0.15) is 0 Å². The molecule has 4 rings (SSSR count). The molecule has 1 unspecified atom stereocenters. The molecule has 0 spiro atoms. The Kier molecular flexibility index (Phi) is 8.28. The fraction of sp³-hybridized carbons (Fsp3) is 0.483. The largest absolute Gasteiger partial charge is 0.491 e. The summed E-state index contributed by atoms with van der Waals surface area (Å²) < 4.78 is 8.33. The van der Waals surface area contributed by atoms with Crippen molar-refractivity contribution in [1.82, 2.24) is 9.47 Å². The number of nitrogens with zero attached hydrogens (tertiary/aromatic N) is 2. The van der Waals surface area contributed by atoms with Gasteiger partial charge in [0.05, 0.1) is 0 Å². The lowest BCUT2D eigenvalue weighted by atomic mass is 9.89. The molecular formula is C29H38N2O3. The molecule has 1 aromatic heterocycles. The second-order valence-corrected chi connectivity index (χ2v) is 9.62. The van der Waals surface area contributed by atoms with E-state index in [0.29, 0.717) is 24.3 Å². The number of ether oxygens (including phenoxy) is 1. The Morgan fingerprint density at radius 2 is 1.82 bits per heavy atom. The lowest BCUT2D eigenvalue weighted by molar-refractivity contribution is 0.0691. The molecule has 0 bridgehead atoms. The van der Waals surface area contributed by atoms with Gasteiger partial charge < -0.3 is 14.4 Å². The number of carboxylic acids is 1. The Morgan fingerprint density at radius 1 is 1.09 bits per heavy atom. The number of benzene rings is 2. The minimum absolute atomic E-state index is 0.224. The van der Waals surface area contributed by atoms with Gasteiger partial charge in [-0.1, -0.05) is 56.5 Å². The first-order valence-electron chi connectivity index (χ1n) is 12.9. The Balaban J connectivity index is 1.35. The summed E-state index contributed by atoms with van der Waals surface area (Å²) in [6.07, 6.45) is 9.81. The van der Waals surface area contributed by atoms with E-state index in [1.54, 1.807) is 18.2 Å². The highest BCUT2D eigenvalue weighted by molar-refractivity contribution is 5.90. The molecule has 5 heteroatoms. The van der Waals surface area contributed by atoms with E-state index in [0.717, 1.165) is 32.5 Å². The Bertz CT molecular complexity index is 1080. The van der Waals surface area contributed by atoms with E-state index in [9.17, 15) is 9.90 Å². The van der Waals surface area contributed by atoms with Crippen molar-refractivity contribution in [3.8, 4) is 5.75 Å². The highest BCUT2D eigenvalue weighted by atomic mass is 16.5. The third-order valence-corrected chi connectivity index (χ3v) is 7.28. The van der Waals surface area contributed by atoms with E-state index in [1.807, 2.05) is 6.07 Å². The van der Waals surface area contributed by atoms with Crippen molar-refractivity contribution in [1.29, 1.82) is 0 Å². The lowest BCUT2D eigenvalue weighted by Crippen LogP contribution is -2.35. The first kappa shape index (κ1) is 24.3. The smallest absolute Gasteiger partial charge is 0.339 e. The molecule has 0 aliphatic carbocycles. The molecule has 2 aromatic carbocycles. The normalized spacial score (nSPS) is 16.1. The van der Waals surface area contributed by atoms with E-state index in [2.05, 4.69) is 53.8 Å². The molecule has 2 heterocycles. The minimum atomic E-state index is -0.949. The second kappa shape index (κ2) is 11.6. The van der Waals surface area contributed by atoms with E-state index in [1.165, 1.54) is 42.1 Å². The van der Waals surface area contributed by atoms with Gasteiger partial charge in [-0.25, -0.2) is 4.79 Å². The van der Waals surface area contributed by atoms with Crippen molar-refractivity contribution >= 4 is 16.9 Å². The van der Waals surface area contributed by atoms with Crippen LogP contribution in [0, 0.1) is 0 Å². The first-order chi connectivity index (χ1) is 16.6. The van der Waals surface area contributed by atoms with Gasteiger partial charge >= 0.3 is 5.97 Å². The number of fused-ring (bicyclic) bond motifs is 1. The third-order valence-electron chi connectivity index (χ3n) is 7.28. The molecule has 5 nitrogen and oxygen atoms in total. The van der Waals surface area contributed by atoms with Crippen LogP contribution in [0.4, 0.5) is 0 Å². The van der Waals surface area contributed by atoms with Crippen molar-refractivity contribution in [2.75, 3.05) is 26.2 Å². The average Bonchev–Trinajstić information content (AvgIpc) is 3.25. The van der Waals surface area contributed by atoms with Gasteiger partial charge in [0.1, 0.15) is 17.9 Å². The minimum Gasteiger partial charge on any atom is -0.491 e. The molecule has 0 amide bonds. The number of carboxylic acid groups (broad SMARTS) is 1. The zero-order valence-corrected chi connectivity index (χ0v) is 20.6. The number of aromatic nitrogens is 1. The molecule has 1 aliphatic heterocycles. The monoisotopic (exact) mass is 462 g/mol. The Hall–Kier alpha value is -2.79. The van der Waals surface area contributed by atoms with Crippen LogP contribution in [0.3, 0.4) is 0 Å². The summed E-state index contributed by atoms with van der Waals surface area (Å²) in [7, 11) is 0. The van der Waals surface area contributed by atoms with Crippen LogP contribution in [0.15, 0.2) is 54.7 Å². The van der Waals surface area contributed by atoms with E-state index >= 15 is 0 Å². The second-order valence-electron chi connectivity index (χ2n) is 9.62. The summed E-state index contributed by atoms with van der Waals surface area (Å²) in [6.45, 7) is 8.03. The van der Waals surface area contributed by atoms with Gasteiger partial charge in [0, 0.05) is 29.7 Å². The molecule has 0 saturated carbocycles. The average molecular weight is 463 g/mol. The van der Waals surface area contributed by atoms with Crippen molar-refractivity contribution in [3.63, 3.8) is 0 Å². The number of carbonyl (C=O) groups is 1. The number of unbranched alkanes of at least 4 members (excludes halogenated alkanes) is 2. The van der Waals surface area contributed by atoms with Crippen LogP contribution in [0.25, 0.3) is 10.9 Å². The number of likely N-dealkylation sites (tertiary alicyclic amines) is 1. The predicted octanol–water partition coefficient (Wildman–Crippen LogP) is 6.74. The van der Waals surface area contributed by atoms with Gasteiger partial charge in [-0.15, -0.1) is 0 Å². The molecule has 1 aliphatic rings. The van der Waals surface area contributed by atoms with Crippen molar-refractivity contribution in [2.45, 2.75) is 64.3 Å². The topological polar surface area (TPSA) is 54.7 Å². The molecule has 3 aromatic rings. The van der Waals surface area contributed by atoms with Crippen molar-refractivity contribution in [3.05, 3.63) is 65.9 Å². The molecule has 34 heavy (non-hydrogen) atoms. The number of hydrogen-bond donors (Lipinski definition) is 1. The zero-order chi connectivity index (χ0) is 23.9. The van der Waals surface area contributed by atoms with E-state index in [4.69, 9.17) is 4.74 Å². The van der Waals surface area contributed by atoms with Crippen LogP contribution in [0.2, 0.25) is 0 Å². The van der Waals surface area contributed by atoms with E-state index < -0.39 is 5.97 Å². The lowest BCUT2D eigenvalue weighted by Gasteiger charge is -2.31. The number of hydrogen-bond acceptors (Lipinski definition) is 3. The molecule has 1 saturated heterocycles. The van der Waals surface area contributed by atoms with Crippen LogP contribution < -0.4 is 4.74 Å². The molecule has 1 fully saturated rings. The number of piperidine rings is 1. The van der Waals surface area contributed by atoms with Gasteiger partial charge in [-0.3, -0.25) is 4.90 Å². The van der Waals surface area contributed by atoms with Gasteiger partial charge in [-0.05, 0) is 69.0 Å². The molecule has 1 atom stereocenters. The fourth-order valence-corrected chi connectivity index (χ4v) is 5.27. The fourth-order valence-electron chi connectivity index (χ4n) is 5.27. The van der Waals surface area contributed by atoms with E-state index in [-0.39, 0.29) is 5.56 Å². The molecule has 0 radical (unpaired) electrons. The zero-order valence-electron chi connectivity index (χ0n) is 20.6. The van der Waals surface area contributed by atoms with Crippen LogP contribution in [0.1, 0.15) is 80.3 Å². The van der Waals surface area contributed by atoms with Crippen molar-refractivity contribution in [2.24, 2.45) is 0 Å². The summed E-state index contributed by atoms with van der Waals surface area (Å²) in [4.78, 5) is 13.8. The van der Waals surface area contributed by atoms with Crippen LogP contribution in [-0.2, 0) is 0 Å². The highest BCUT2D eigenvalue weighted by Crippen LogP contribution is 2.36. The third kappa shape index (κ3) is 5.64. The maximum absolute atomic E-state index is 11.4. The van der Waals surface area contributed by atoms with Gasteiger partial charge in [0.25, 0.3) is 0 Å². The summed E-state index contributed by atoms with van der Waals surface area (Å²) in [6, 6.07) is 16.3. The van der Waals surface area contributed by atoms with Crippen molar-refractivity contribution < 1.29 is 14.6 Å². The quantitative estimate of drug-likeness (QED) is 0.321. The summed E-state index contributed by atoms with van der Waals surface area (Å²) in [5, 5.41) is 10.7. The Morgan fingerprint density at radius 3 is 2.59 bits per heavy atom. The SMILES string of the molecule is CCCCCC(C)n1cc(C2CCN(CCOc3ccccc3C(=O)O)CC2)c2ccccc21. The summed E-state index contributed by atoms with van der Waals surface area (Å²) >= 11 is 0. The number of rotatable bonds is 11. The number of aromatic carboxylic acids is 1. The highest BCUT2D eigenvalue weighted by Gasteiger charge is 2.24. The summed E-state index contributed by atoms with van der Waals surface area (Å²) in [5.41, 5.74) is 3.10. The first-order valence-corrected chi connectivity index (χ1v) is 12.9. The number of para-hydroxylation sites is 2. The molecule has 1 N–H and O–H groups in total. The maximum atomic E-state index is 11.4. The molecule has 182 valence electrons. The maximum Gasteiger partial charge on any atom is 0.339 e. The van der Waals surface area contributed by atoms with Crippen LogP contribution >= 0.6 is 0 Å². The predicted molar refractivity (Wildman–Crippen MR) is 138 cm³/mol. The summed E-state index contributed by atoms with van der Waals surface area (Å²) in [5.74, 6) is 0.0832. The Labute approximate surface area is 203 Å². The van der Waals surface area contributed by atoms with Crippen LogP contribution in [0.5, 0.6) is 5.75 Å². The standard InChI is InChI=1S/C29H38N2O3/c1-3-4-5-10-22(2)31-21-26(24-11-6-8-13-27(24)31)23-15-17-30(18-16-23)19-20-34-28-14-9-7-12-25(28)29(32)33/h6-9,11-14,21-23H,3-5,10,15-20H2,1-2H3,(H,32,33). The van der Waals surface area contributed by atoms with Crippen LogP contribution in [-0.4, -0.2) is 46.8 Å². The molecular weight excluding hydrogens is 424 g/mol. The van der Waals surface area contributed by atoms with Gasteiger partial charge in [0.2, 0.25) is 0 Å².